The van der Waals surface area contributed by atoms with E-state index in [-0.39, 0.29) is 11.9 Å². The van der Waals surface area contributed by atoms with E-state index in [4.69, 9.17) is 11.6 Å². The van der Waals surface area contributed by atoms with Gasteiger partial charge in [-0.15, -0.1) is 0 Å². The van der Waals surface area contributed by atoms with Gasteiger partial charge in [0.15, 0.2) is 0 Å². The fourth-order valence-electron chi connectivity index (χ4n) is 3.64. The van der Waals surface area contributed by atoms with E-state index in [2.05, 4.69) is 10.0 Å². The molecule has 7 heteroatoms. The molecular formula is C15H19ClN2O3S. The standard InChI is InChI=1S/C15H19ClN2O3S/c1-22(20,21)18-11-4-5-13(16)12(8-11)15(19)17-14-7-9-2-3-10(14)6-9/h4-5,8-10,14,18H,2-3,6-7H2,1H3,(H,17,19). The second-order valence-electron chi connectivity index (χ2n) is 6.32. The van der Waals surface area contributed by atoms with Crippen LogP contribution in [0, 0.1) is 11.8 Å². The summed E-state index contributed by atoms with van der Waals surface area (Å²) >= 11 is 6.09. The van der Waals surface area contributed by atoms with Crippen LogP contribution in [0.4, 0.5) is 5.69 Å². The number of benzene rings is 1. The highest BCUT2D eigenvalue weighted by molar-refractivity contribution is 7.92. The molecule has 5 nitrogen and oxygen atoms in total. The molecule has 2 bridgehead atoms. The molecule has 3 rings (SSSR count). The van der Waals surface area contributed by atoms with Crippen LogP contribution in [0.2, 0.25) is 5.02 Å². The van der Waals surface area contributed by atoms with Crippen LogP contribution in [0.3, 0.4) is 0 Å². The minimum absolute atomic E-state index is 0.217. The first-order chi connectivity index (χ1) is 10.3. The van der Waals surface area contributed by atoms with Crippen molar-refractivity contribution >= 4 is 33.2 Å². The smallest absolute Gasteiger partial charge is 0.253 e. The van der Waals surface area contributed by atoms with E-state index in [1.807, 2.05) is 0 Å². The molecule has 2 saturated carbocycles. The van der Waals surface area contributed by atoms with Gasteiger partial charge >= 0.3 is 0 Å². The van der Waals surface area contributed by atoms with Crippen molar-refractivity contribution in [3.63, 3.8) is 0 Å². The summed E-state index contributed by atoms with van der Waals surface area (Å²) in [6.07, 6.45) is 5.75. The predicted octanol–water partition coefficient (Wildman–Crippen LogP) is 2.63. The number of hydrogen-bond acceptors (Lipinski definition) is 3. The number of fused-ring (bicyclic) bond motifs is 2. The molecule has 2 fully saturated rings. The number of rotatable bonds is 4. The Morgan fingerprint density at radius 3 is 2.64 bits per heavy atom. The van der Waals surface area contributed by atoms with Gasteiger partial charge in [-0.2, -0.15) is 0 Å². The van der Waals surface area contributed by atoms with Crippen LogP contribution in [0.5, 0.6) is 0 Å². The molecule has 1 amide bonds. The third-order valence-corrected chi connectivity index (χ3v) is 5.50. The minimum atomic E-state index is -3.39. The van der Waals surface area contributed by atoms with Gasteiger partial charge in [0, 0.05) is 11.7 Å². The molecule has 0 heterocycles. The molecule has 0 saturated heterocycles. The zero-order valence-electron chi connectivity index (χ0n) is 12.3. The quantitative estimate of drug-likeness (QED) is 0.883. The van der Waals surface area contributed by atoms with Crippen molar-refractivity contribution in [2.45, 2.75) is 31.7 Å². The molecule has 2 aliphatic rings. The zero-order chi connectivity index (χ0) is 15.9. The van der Waals surface area contributed by atoms with E-state index in [1.165, 1.54) is 37.5 Å². The van der Waals surface area contributed by atoms with Gasteiger partial charge in [-0.05, 0) is 49.3 Å². The van der Waals surface area contributed by atoms with Crippen LogP contribution < -0.4 is 10.0 Å². The van der Waals surface area contributed by atoms with Crippen LogP contribution in [0.15, 0.2) is 18.2 Å². The van der Waals surface area contributed by atoms with Gasteiger partial charge in [-0.25, -0.2) is 8.42 Å². The number of hydrogen-bond donors (Lipinski definition) is 2. The van der Waals surface area contributed by atoms with Crippen LogP contribution >= 0.6 is 11.6 Å². The monoisotopic (exact) mass is 342 g/mol. The van der Waals surface area contributed by atoms with E-state index in [1.54, 1.807) is 0 Å². The minimum Gasteiger partial charge on any atom is -0.349 e. The molecule has 3 atom stereocenters. The maximum Gasteiger partial charge on any atom is 0.253 e. The number of sulfonamides is 1. The summed E-state index contributed by atoms with van der Waals surface area (Å²) in [5.41, 5.74) is 0.642. The summed E-state index contributed by atoms with van der Waals surface area (Å²) in [5.74, 6) is 1.08. The Morgan fingerprint density at radius 1 is 1.27 bits per heavy atom. The number of carbonyl (C=O) groups excluding carboxylic acids is 1. The van der Waals surface area contributed by atoms with Gasteiger partial charge in [-0.1, -0.05) is 18.0 Å². The number of carbonyl (C=O) groups is 1. The zero-order valence-corrected chi connectivity index (χ0v) is 13.9. The Labute approximate surface area is 135 Å². The SMILES string of the molecule is CS(=O)(=O)Nc1ccc(Cl)c(C(=O)NC2CC3CCC2C3)c1. The molecule has 22 heavy (non-hydrogen) atoms. The molecule has 0 spiro atoms. The van der Waals surface area contributed by atoms with Crippen molar-refractivity contribution in [1.29, 1.82) is 0 Å². The maximum atomic E-state index is 12.4. The van der Waals surface area contributed by atoms with Crippen molar-refractivity contribution < 1.29 is 13.2 Å². The van der Waals surface area contributed by atoms with Gasteiger partial charge in [-0.3, -0.25) is 9.52 Å². The van der Waals surface area contributed by atoms with Gasteiger partial charge in [0.2, 0.25) is 10.0 Å². The lowest BCUT2D eigenvalue weighted by Crippen LogP contribution is -2.38. The van der Waals surface area contributed by atoms with Crippen molar-refractivity contribution in [2.24, 2.45) is 11.8 Å². The lowest BCUT2D eigenvalue weighted by atomic mass is 9.95. The van der Waals surface area contributed by atoms with Crippen molar-refractivity contribution in [2.75, 3.05) is 11.0 Å². The number of halogens is 1. The molecule has 3 unspecified atom stereocenters. The first-order valence-corrected chi connectivity index (χ1v) is 9.67. The first kappa shape index (κ1) is 15.6. The van der Waals surface area contributed by atoms with E-state index >= 15 is 0 Å². The van der Waals surface area contributed by atoms with Gasteiger partial charge < -0.3 is 5.32 Å². The lowest BCUT2D eigenvalue weighted by molar-refractivity contribution is 0.0923. The highest BCUT2D eigenvalue weighted by Crippen LogP contribution is 2.44. The first-order valence-electron chi connectivity index (χ1n) is 7.40. The number of anilines is 1. The average Bonchev–Trinajstić information content (AvgIpc) is 3.01. The Bertz CT molecular complexity index is 705. The van der Waals surface area contributed by atoms with Gasteiger partial charge in [0.05, 0.1) is 16.8 Å². The topological polar surface area (TPSA) is 75.3 Å². The Balaban J connectivity index is 1.75. The van der Waals surface area contributed by atoms with Crippen LogP contribution in [0.25, 0.3) is 0 Å². The van der Waals surface area contributed by atoms with E-state index in [0.29, 0.717) is 22.2 Å². The highest BCUT2D eigenvalue weighted by atomic mass is 35.5. The van der Waals surface area contributed by atoms with Crippen LogP contribution in [-0.2, 0) is 10.0 Å². The van der Waals surface area contributed by atoms with E-state index < -0.39 is 10.0 Å². The van der Waals surface area contributed by atoms with Crippen molar-refractivity contribution in [1.82, 2.24) is 5.32 Å². The van der Waals surface area contributed by atoms with E-state index in [9.17, 15) is 13.2 Å². The summed E-state index contributed by atoms with van der Waals surface area (Å²) in [6.45, 7) is 0. The number of amides is 1. The Morgan fingerprint density at radius 2 is 2.05 bits per heavy atom. The number of nitrogens with one attached hydrogen (secondary N) is 2. The molecule has 120 valence electrons. The molecule has 0 radical (unpaired) electrons. The largest absolute Gasteiger partial charge is 0.349 e. The fraction of sp³-hybridized carbons (Fsp3) is 0.533. The predicted molar refractivity (Wildman–Crippen MR) is 86.6 cm³/mol. The summed E-state index contributed by atoms with van der Waals surface area (Å²) in [5, 5.41) is 3.38. The summed E-state index contributed by atoms with van der Waals surface area (Å²) in [6, 6.07) is 4.77. The van der Waals surface area contributed by atoms with E-state index in [0.717, 1.165) is 18.6 Å². The molecule has 2 N–H and O–H groups in total. The fourth-order valence-corrected chi connectivity index (χ4v) is 4.40. The Kier molecular flexibility index (Phi) is 4.07. The van der Waals surface area contributed by atoms with Gasteiger partial charge in [0.25, 0.3) is 5.91 Å². The molecule has 1 aromatic carbocycles. The molecular weight excluding hydrogens is 324 g/mol. The van der Waals surface area contributed by atoms with Crippen LogP contribution in [0.1, 0.15) is 36.0 Å². The van der Waals surface area contributed by atoms with Crippen molar-refractivity contribution in [3.8, 4) is 0 Å². The average molecular weight is 343 g/mol. The Hall–Kier alpha value is -1.27. The normalized spacial score (nSPS) is 26.9. The summed E-state index contributed by atoms with van der Waals surface area (Å²) in [7, 11) is -3.39. The lowest BCUT2D eigenvalue weighted by Gasteiger charge is -2.23. The summed E-state index contributed by atoms with van der Waals surface area (Å²) < 4.78 is 24.9. The highest BCUT2D eigenvalue weighted by Gasteiger charge is 2.40. The molecule has 0 aliphatic heterocycles. The van der Waals surface area contributed by atoms with Crippen LogP contribution in [-0.4, -0.2) is 26.6 Å². The second kappa shape index (κ2) is 5.74. The summed E-state index contributed by atoms with van der Waals surface area (Å²) in [4.78, 5) is 12.4. The molecule has 1 aromatic rings. The third kappa shape index (κ3) is 3.38. The van der Waals surface area contributed by atoms with Gasteiger partial charge in [0.1, 0.15) is 0 Å². The maximum absolute atomic E-state index is 12.4. The van der Waals surface area contributed by atoms with Crippen molar-refractivity contribution in [3.05, 3.63) is 28.8 Å². The molecule has 2 aliphatic carbocycles. The second-order valence-corrected chi connectivity index (χ2v) is 8.48. The molecule has 0 aromatic heterocycles. The third-order valence-electron chi connectivity index (χ3n) is 4.57.